The molecule has 1 saturated carbocycles. The van der Waals surface area contributed by atoms with E-state index in [1.165, 1.54) is 0 Å². The van der Waals surface area contributed by atoms with Gasteiger partial charge in [-0.1, -0.05) is 35.9 Å². The molecular formula is C29H27ClN2O4. The molecule has 3 atom stereocenters. The average molecular weight is 503 g/mol. The van der Waals surface area contributed by atoms with Crippen molar-refractivity contribution in [1.29, 1.82) is 0 Å². The maximum atomic E-state index is 13.2. The highest BCUT2D eigenvalue weighted by atomic mass is 35.5. The molecule has 0 radical (unpaired) electrons. The first kappa shape index (κ1) is 23.1. The van der Waals surface area contributed by atoms with E-state index in [1.807, 2.05) is 36.4 Å². The van der Waals surface area contributed by atoms with E-state index in [-0.39, 0.29) is 30.0 Å². The lowest BCUT2D eigenvalue weighted by Gasteiger charge is -2.25. The number of hydrogen-bond acceptors (Lipinski definition) is 4. The lowest BCUT2D eigenvalue weighted by molar-refractivity contribution is -0.118. The molecule has 3 aromatic rings. The van der Waals surface area contributed by atoms with Crippen LogP contribution in [0.1, 0.15) is 52.2 Å². The summed E-state index contributed by atoms with van der Waals surface area (Å²) >= 11 is 6.68. The molecule has 0 aromatic heterocycles. The van der Waals surface area contributed by atoms with Crippen molar-refractivity contribution in [2.45, 2.75) is 43.6 Å². The second kappa shape index (κ2) is 8.36. The Morgan fingerprint density at radius 1 is 1.17 bits per heavy atom. The average Bonchev–Trinajstić information content (AvgIpc) is 3.33. The van der Waals surface area contributed by atoms with E-state index >= 15 is 0 Å². The molecule has 3 N–H and O–H groups in total. The second-order valence-electron chi connectivity index (χ2n) is 10.2. The fourth-order valence-corrected chi connectivity index (χ4v) is 6.39. The highest BCUT2D eigenvalue weighted by molar-refractivity contribution is 6.34. The fourth-order valence-electron chi connectivity index (χ4n) is 6.12. The number of aliphatic hydroxyl groups excluding tert-OH is 1. The van der Waals surface area contributed by atoms with Gasteiger partial charge in [-0.3, -0.25) is 4.79 Å². The maximum Gasteiger partial charge on any atom is 0.335 e. The number of carboxylic acids is 1. The summed E-state index contributed by atoms with van der Waals surface area (Å²) < 4.78 is 0. The number of carboxylic acid groups (broad SMARTS) is 1. The summed E-state index contributed by atoms with van der Waals surface area (Å²) in [5, 5.41) is 22.8. The number of rotatable bonds is 5. The van der Waals surface area contributed by atoms with Gasteiger partial charge in [0.05, 0.1) is 28.6 Å². The van der Waals surface area contributed by atoms with Crippen LogP contribution >= 0.6 is 11.6 Å². The van der Waals surface area contributed by atoms with Gasteiger partial charge in [-0.25, -0.2) is 4.79 Å². The standard InChI is InChI=1S/C29H27ClN2O4/c1-16-4-5-18(11-21(16)27(34)35)24-14-29(24)23-12-22(25(30)13-26(23)31-28(29)36)17-6-8-19(9-7-17)32-10-2-3-20(32)15-33/h4-9,11-13,20,24,33H,2-3,10,14-15H2,1H3,(H,31,36)(H,34,35)/t20-,24?,29?/m0/s1. The normalized spacial score (nSPS) is 24.2. The van der Waals surface area contributed by atoms with Crippen LogP contribution in [0.2, 0.25) is 5.02 Å². The quantitative estimate of drug-likeness (QED) is 0.437. The number of aliphatic hydroxyl groups is 1. The van der Waals surface area contributed by atoms with E-state index in [0.717, 1.165) is 53.0 Å². The minimum Gasteiger partial charge on any atom is -0.478 e. The molecule has 0 bridgehead atoms. The molecule has 3 aromatic carbocycles. The molecule has 1 saturated heterocycles. The number of anilines is 2. The van der Waals surface area contributed by atoms with Gasteiger partial charge in [0.2, 0.25) is 5.91 Å². The van der Waals surface area contributed by atoms with E-state index in [4.69, 9.17) is 11.6 Å². The maximum absolute atomic E-state index is 13.2. The van der Waals surface area contributed by atoms with Crippen LogP contribution in [-0.4, -0.2) is 41.3 Å². The molecule has 1 spiro atoms. The third-order valence-corrected chi connectivity index (χ3v) is 8.51. The molecule has 2 aliphatic heterocycles. The minimum absolute atomic E-state index is 0.0624. The van der Waals surface area contributed by atoms with Crippen molar-refractivity contribution in [1.82, 2.24) is 0 Å². The summed E-state index contributed by atoms with van der Waals surface area (Å²) in [4.78, 5) is 27.1. The van der Waals surface area contributed by atoms with Crippen molar-refractivity contribution in [2.24, 2.45) is 0 Å². The summed E-state index contributed by atoms with van der Waals surface area (Å²) in [6.07, 6.45) is 2.70. The number of nitrogens with one attached hydrogen (secondary N) is 1. The van der Waals surface area contributed by atoms with Crippen molar-refractivity contribution >= 4 is 34.9 Å². The van der Waals surface area contributed by atoms with Crippen LogP contribution in [0, 0.1) is 6.92 Å². The monoisotopic (exact) mass is 502 g/mol. The van der Waals surface area contributed by atoms with E-state index in [1.54, 1.807) is 13.0 Å². The lowest BCUT2D eigenvalue weighted by Crippen LogP contribution is -2.31. The van der Waals surface area contributed by atoms with E-state index in [9.17, 15) is 19.8 Å². The molecular weight excluding hydrogens is 476 g/mol. The summed E-state index contributed by atoms with van der Waals surface area (Å²) in [6.45, 7) is 2.86. The molecule has 2 heterocycles. The molecule has 1 aliphatic carbocycles. The highest BCUT2D eigenvalue weighted by Gasteiger charge is 2.65. The Kier molecular flexibility index (Phi) is 5.36. The Hall–Kier alpha value is -3.35. The summed E-state index contributed by atoms with van der Waals surface area (Å²) in [7, 11) is 0. The number of fused-ring (bicyclic) bond motifs is 2. The third kappa shape index (κ3) is 3.43. The third-order valence-electron chi connectivity index (χ3n) is 8.19. The first-order valence-corrected chi connectivity index (χ1v) is 12.7. The number of benzene rings is 3. The number of nitrogens with zero attached hydrogens (tertiary/aromatic N) is 1. The number of aryl methyl sites for hydroxylation is 1. The molecule has 2 unspecified atom stereocenters. The van der Waals surface area contributed by atoms with Gasteiger partial charge in [-0.2, -0.15) is 0 Å². The van der Waals surface area contributed by atoms with Gasteiger partial charge in [0.25, 0.3) is 0 Å². The molecule has 6 rings (SSSR count). The predicted octanol–water partition coefficient (Wildman–Crippen LogP) is 5.35. The summed E-state index contributed by atoms with van der Waals surface area (Å²) in [5.74, 6) is -1.11. The van der Waals surface area contributed by atoms with Crippen LogP contribution in [0.25, 0.3) is 11.1 Å². The number of halogens is 1. The Bertz CT molecular complexity index is 1400. The summed E-state index contributed by atoms with van der Waals surface area (Å²) in [6, 6.07) is 17.6. The van der Waals surface area contributed by atoms with E-state index in [2.05, 4.69) is 22.3 Å². The fraction of sp³-hybridized carbons (Fsp3) is 0.310. The summed E-state index contributed by atoms with van der Waals surface area (Å²) in [5.41, 5.74) is 5.67. The van der Waals surface area contributed by atoms with E-state index < -0.39 is 11.4 Å². The molecule has 2 fully saturated rings. The van der Waals surface area contributed by atoms with Crippen molar-refractivity contribution < 1.29 is 19.8 Å². The van der Waals surface area contributed by atoms with Crippen LogP contribution < -0.4 is 10.2 Å². The van der Waals surface area contributed by atoms with Gasteiger partial charge in [0.1, 0.15) is 0 Å². The SMILES string of the molecule is Cc1ccc(C2CC23C(=O)Nc2cc(Cl)c(-c4ccc(N5CCC[C@H]5CO)cc4)cc23)cc1C(=O)O. The largest absolute Gasteiger partial charge is 0.478 e. The lowest BCUT2D eigenvalue weighted by atomic mass is 9.89. The van der Waals surface area contributed by atoms with Crippen molar-refractivity contribution in [3.8, 4) is 11.1 Å². The van der Waals surface area contributed by atoms with Gasteiger partial charge in [0.15, 0.2) is 0 Å². The molecule has 184 valence electrons. The van der Waals surface area contributed by atoms with Crippen LogP contribution in [0.15, 0.2) is 54.6 Å². The molecule has 7 heteroatoms. The zero-order valence-electron chi connectivity index (χ0n) is 19.9. The van der Waals surface area contributed by atoms with Crippen molar-refractivity contribution in [2.75, 3.05) is 23.4 Å². The second-order valence-corrected chi connectivity index (χ2v) is 10.6. The first-order chi connectivity index (χ1) is 17.3. The van der Waals surface area contributed by atoms with Gasteiger partial charge >= 0.3 is 5.97 Å². The minimum atomic E-state index is -0.961. The molecule has 6 nitrogen and oxygen atoms in total. The zero-order chi connectivity index (χ0) is 25.2. The number of carbonyl (C=O) groups excluding carboxylic acids is 1. The number of carbonyl (C=O) groups is 2. The Morgan fingerprint density at radius 3 is 2.67 bits per heavy atom. The number of amides is 1. The van der Waals surface area contributed by atoms with Crippen LogP contribution in [0.4, 0.5) is 11.4 Å². The van der Waals surface area contributed by atoms with Crippen molar-refractivity contribution in [3.05, 3.63) is 81.9 Å². The Morgan fingerprint density at radius 2 is 1.94 bits per heavy atom. The van der Waals surface area contributed by atoms with Gasteiger partial charge in [-0.05, 0) is 78.8 Å². The number of hydrogen-bond donors (Lipinski definition) is 3. The van der Waals surface area contributed by atoms with Crippen LogP contribution in [0.5, 0.6) is 0 Å². The Labute approximate surface area is 214 Å². The highest BCUT2D eigenvalue weighted by Crippen LogP contribution is 2.65. The van der Waals surface area contributed by atoms with Crippen LogP contribution in [0.3, 0.4) is 0 Å². The van der Waals surface area contributed by atoms with Crippen LogP contribution in [-0.2, 0) is 10.2 Å². The molecule has 1 amide bonds. The Balaban J connectivity index is 1.35. The molecule has 36 heavy (non-hydrogen) atoms. The topological polar surface area (TPSA) is 89.9 Å². The first-order valence-electron chi connectivity index (χ1n) is 12.3. The zero-order valence-corrected chi connectivity index (χ0v) is 20.7. The van der Waals surface area contributed by atoms with Crippen molar-refractivity contribution in [3.63, 3.8) is 0 Å². The molecule has 3 aliphatic rings. The van der Waals surface area contributed by atoms with Gasteiger partial charge in [0, 0.05) is 29.4 Å². The predicted molar refractivity (Wildman–Crippen MR) is 140 cm³/mol. The van der Waals surface area contributed by atoms with Gasteiger partial charge < -0.3 is 20.4 Å². The number of aromatic carboxylic acids is 1. The van der Waals surface area contributed by atoms with Gasteiger partial charge in [-0.15, -0.1) is 0 Å². The van der Waals surface area contributed by atoms with E-state index in [0.29, 0.717) is 17.0 Å². The smallest absolute Gasteiger partial charge is 0.335 e.